The number of aryl methyl sites for hydroxylation is 3. The Morgan fingerprint density at radius 1 is 1.06 bits per heavy atom. The van der Waals surface area contributed by atoms with Crippen molar-refractivity contribution in [2.75, 3.05) is 7.11 Å². The molecule has 1 atom stereocenters. The highest BCUT2D eigenvalue weighted by atomic mass is 16.5. The van der Waals surface area contributed by atoms with E-state index in [1.165, 1.54) is 11.1 Å². The van der Waals surface area contributed by atoms with Gasteiger partial charge >= 0.3 is 0 Å². The molecule has 2 nitrogen and oxygen atoms in total. The molecule has 1 unspecified atom stereocenters. The molecule has 0 radical (unpaired) electrons. The van der Waals surface area contributed by atoms with Crippen LogP contribution in [0.25, 0.3) is 0 Å². The Morgan fingerprint density at radius 2 is 1.56 bits per heavy atom. The predicted molar refractivity (Wildman–Crippen MR) is 66.7 cm³/mol. The number of hydrogen-bond acceptors (Lipinski definition) is 2. The third-order valence-corrected chi connectivity index (χ3v) is 3.36. The van der Waals surface area contributed by atoms with Gasteiger partial charge in [0.15, 0.2) is 0 Å². The van der Waals surface area contributed by atoms with E-state index in [0.29, 0.717) is 0 Å². The van der Waals surface area contributed by atoms with Gasteiger partial charge < -0.3 is 9.84 Å². The van der Waals surface area contributed by atoms with E-state index in [-0.39, 0.29) is 0 Å². The van der Waals surface area contributed by atoms with Gasteiger partial charge in [0.25, 0.3) is 0 Å². The molecule has 16 heavy (non-hydrogen) atoms. The second-order valence-electron chi connectivity index (χ2n) is 5.00. The molecule has 0 saturated carbocycles. The van der Waals surface area contributed by atoms with Crippen LogP contribution in [0.1, 0.15) is 42.2 Å². The van der Waals surface area contributed by atoms with Crippen molar-refractivity contribution in [3.05, 3.63) is 34.4 Å². The maximum Gasteiger partial charge on any atom is 0.108 e. The molecule has 1 N–H and O–H groups in total. The number of aliphatic hydroxyl groups is 1. The Hall–Kier alpha value is -0.860. The van der Waals surface area contributed by atoms with Gasteiger partial charge in [0.05, 0.1) is 5.60 Å². The maximum absolute atomic E-state index is 10.3. The number of methoxy groups -OCH3 is 1. The van der Waals surface area contributed by atoms with Crippen LogP contribution < -0.4 is 0 Å². The molecule has 1 aromatic carbocycles. The third-order valence-electron chi connectivity index (χ3n) is 3.36. The second kappa shape index (κ2) is 4.56. The van der Waals surface area contributed by atoms with Gasteiger partial charge in [-0.25, -0.2) is 0 Å². The van der Waals surface area contributed by atoms with E-state index in [9.17, 15) is 5.11 Å². The lowest BCUT2D eigenvalue weighted by molar-refractivity contribution is -0.0795. The Morgan fingerprint density at radius 3 is 2.06 bits per heavy atom. The van der Waals surface area contributed by atoms with Gasteiger partial charge in [0.2, 0.25) is 0 Å². The molecule has 1 aromatic rings. The first-order valence-corrected chi connectivity index (χ1v) is 5.60. The molecule has 0 bridgehead atoms. The summed E-state index contributed by atoms with van der Waals surface area (Å²) < 4.78 is 5.33. The molecule has 0 aliphatic rings. The van der Waals surface area contributed by atoms with E-state index in [1.807, 2.05) is 20.8 Å². The van der Waals surface area contributed by atoms with Gasteiger partial charge in [-0.2, -0.15) is 0 Å². The lowest BCUT2D eigenvalue weighted by Crippen LogP contribution is -2.32. The van der Waals surface area contributed by atoms with Crippen LogP contribution in [-0.4, -0.2) is 17.8 Å². The zero-order chi connectivity index (χ0) is 12.5. The topological polar surface area (TPSA) is 29.5 Å². The summed E-state index contributed by atoms with van der Waals surface area (Å²) >= 11 is 0. The van der Waals surface area contributed by atoms with E-state index in [0.717, 1.165) is 11.1 Å². The first-order valence-electron chi connectivity index (χ1n) is 5.60. The maximum atomic E-state index is 10.3. The fourth-order valence-corrected chi connectivity index (χ4v) is 1.76. The summed E-state index contributed by atoms with van der Waals surface area (Å²) in [6, 6.07) is 4.16. The smallest absolute Gasteiger partial charge is 0.108 e. The molecule has 0 aliphatic heterocycles. The summed E-state index contributed by atoms with van der Waals surface area (Å²) in [5.74, 6) is 0. The van der Waals surface area contributed by atoms with Gasteiger partial charge in [-0.15, -0.1) is 0 Å². The third kappa shape index (κ3) is 2.45. The van der Waals surface area contributed by atoms with Crippen molar-refractivity contribution in [1.29, 1.82) is 0 Å². The molecule has 2 heteroatoms. The quantitative estimate of drug-likeness (QED) is 0.851. The summed E-state index contributed by atoms with van der Waals surface area (Å²) in [6.07, 6.45) is -0.600. The summed E-state index contributed by atoms with van der Waals surface area (Å²) in [6.45, 7) is 9.96. The summed E-state index contributed by atoms with van der Waals surface area (Å²) in [7, 11) is 1.62. The van der Waals surface area contributed by atoms with E-state index in [1.54, 1.807) is 7.11 Å². The largest absolute Gasteiger partial charge is 0.385 e. The van der Waals surface area contributed by atoms with Gasteiger partial charge in [0, 0.05) is 7.11 Å². The fraction of sp³-hybridized carbons (Fsp3) is 0.571. The monoisotopic (exact) mass is 222 g/mol. The van der Waals surface area contributed by atoms with Gasteiger partial charge in [-0.05, 0) is 56.9 Å². The van der Waals surface area contributed by atoms with Crippen LogP contribution >= 0.6 is 0 Å². The van der Waals surface area contributed by atoms with Crippen molar-refractivity contribution in [1.82, 2.24) is 0 Å². The molecule has 90 valence electrons. The van der Waals surface area contributed by atoms with Crippen LogP contribution in [0, 0.1) is 20.8 Å². The lowest BCUT2D eigenvalue weighted by atomic mass is 9.89. The van der Waals surface area contributed by atoms with Crippen molar-refractivity contribution < 1.29 is 9.84 Å². The number of ether oxygens (including phenoxy) is 1. The second-order valence-corrected chi connectivity index (χ2v) is 5.00. The Bertz CT molecular complexity index is 381. The van der Waals surface area contributed by atoms with E-state index in [2.05, 4.69) is 26.0 Å². The Balaban J connectivity index is 3.19. The van der Waals surface area contributed by atoms with Gasteiger partial charge in [-0.3, -0.25) is 0 Å². The molecule has 0 aliphatic carbocycles. The molecular formula is C14H22O2. The Kier molecular flexibility index (Phi) is 3.76. The SMILES string of the molecule is COC(C)(C)C(O)c1cc(C)c(C)cc1C. The number of benzene rings is 1. The summed E-state index contributed by atoms with van der Waals surface area (Å²) in [4.78, 5) is 0. The normalized spacial score (nSPS) is 13.9. The van der Waals surface area contributed by atoms with E-state index < -0.39 is 11.7 Å². The van der Waals surface area contributed by atoms with Crippen molar-refractivity contribution in [3.8, 4) is 0 Å². The van der Waals surface area contributed by atoms with Gasteiger partial charge in [-0.1, -0.05) is 12.1 Å². The van der Waals surface area contributed by atoms with Crippen LogP contribution in [0.15, 0.2) is 12.1 Å². The van der Waals surface area contributed by atoms with Crippen LogP contribution in [0.5, 0.6) is 0 Å². The molecule has 0 fully saturated rings. The van der Waals surface area contributed by atoms with Crippen LogP contribution in [-0.2, 0) is 4.74 Å². The lowest BCUT2D eigenvalue weighted by Gasteiger charge is -2.30. The van der Waals surface area contributed by atoms with Crippen molar-refractivity contribution in [2.24, 2.45) is 0 Å². The molecule has 1 rings (SSSR count). The standard InChI is InChI=1S/C14H22O2/c1-9-7-11(3)12(8-10(9)2)13(15)14(4,5)16-6/h7-8,13,15H,1-6H3. The molecule has 0 saturated heterocycles. The van der Waals surface area contributed by atoms with Crippen LogP contribution in [0.3, 0.4) is 0 Å². The minimum atomic E-state index is -0.600. The van der Waals surface area contributed by atoms with Crippen molar-refractivity contribution in [2.45, 2.75) is 46.3 Å². The Labute approximate surface area is 98.3 Å². The molecular weight excluding hydrogens is 200 g/mol. The predicted octanol–water partition coefficient (Wildman–Crippen LogP) is 3.07. The minimum absolute atomic E-state index is 0.563. The van der Waals surface area contributed by atoms with Crippen LogP contribution in [0.2, 0.25) is 0 Å². The highest BCUT2D eigenvalue weighted by Crippen LogP contribution is 2.31. The molecule has 0 spiro atoms. The van der Waals surface area contributed by atoms with E-state index in [4.69, 9.17) is 4.74 Å². The average Bonchev–Trinajstić information content (AvgIpc) is 2.22. The highest BCUT2D eigenvalue weighted by Gasteiger charge is 2.29. The van der Waals surface area contributed by atoms with Crippen molar-refractivity contribution in [3.63, 3.8) is 0 Å². The first kappa shape index (κ1) is 13.2. The van der Waals surface area contributed by atoms with Crippen LogP contribution in [0.4, 0.5) is 0 Å². The minimum Gasteiger partial charge on any atom is -0.385 e. The van der Waals surface area contributed by atoms with E-state index >= 15 is 0 Å². The first-order chi connectivity index (χ1) is 7.29. The molecule has 0 heterocycles. The van der Waals surface area contributed by atoms with Gasteiger partial charge in [0.1, 0.15) is 6.10 Å². The number of hydrogen-bond donors (Lipinski definition) is 1. The average molecular weight is 222 g/mol. The molecule has 0 aromatic heterocycles. The van der Waals surface area contributed by atoms with Crippen molar-refractivity contribution >= 4 is 0 Å². The fourth-order valence-electron chi connectivity index (χ4n) is 1.76. The highest BCUT2D eigenvalue weighted by molar-refractivity contribution is 5.38. The zero-order valence-corrected chi connectivity index (χ0v) is 11.1. The zero-order valence-electron chi connectivity index (χ0n) is 11.1. The summed E-state index contributed by atoms with van der Waals surface area (Å²) in [5, 5.41) is 10.3. The number of rotatable bonds is 3. The number of aliphatic hydroxyl groups excluding tert-OH is 1. The molecule has 0 amide bonds. The summed E-state index contributed by atoms with van der Waals surface area (Å²) in [5.41, 5.74) is 3.96.